The van der Waals surface area contributed by atoms with Gasteiger partial charge >= 0.3 is 0 Å². The van der Waals surface area contributed by atoms with Crippen molar-refractivity contribution < 1.29 is 4.39 Å². The first-order valence-electron chi connectivity index (χ1n) is 2.96. The van der Waals surface area contributed by atoms with Gasteiger partial charge in [0, 0.05) is 12.0 Å². The van der Waals surface area contributed by atoms with Crippen molar-refractivity contribution in [3.63, 3.8) is 0 Å². The average molecular weight is 117 g/mol. The van der Waals surface area contributed by atoms with Gasteiger partial charge in [-0.1, -0.05) is 0 Å². The highest BCUT2D eigenvalue weighted by atomic mass is 19.1. The first kappa shape index (κ1) is 6.02. The molecule has 1 saturated carbocycles. The van der Waals surface area contributed by atoms with Crippen LogP contribution in [0, 0.1) is 5.92 Å². The van der Waals surface area contributed by atoms with Gasteiger partial charge in [0.25, 0.3) is 0 Å². The summed E-state index contributed by atoms with van der Waals surface area (Å²) in [6.07, 6.45) is 0.865. The fourth-order valence-electron chi connectivity index (χ4n) is 1.00. The summed E-state index contributed by atoms with van der Waals surface area (Å²) in [5.41, 5.74) is 4.37. The van der Waals surface area contributed by atoms with E-state index in [1.807, 2.05) is 0 Å². The number of hydrogen-bond donors (Lipinski definition) is 1. The van der Waals surface area contributed by atoms with Crippen molar-refractivity contribution in [2.24, 2.45) is 11.7 Å². The zero-order valence-corrected chi connectivity index (χ0v) is 5.32. The van der Waals surface area contributed by atoms with E-state index in [9.17, 15) is 4.39 Å². The molecule has 1 fully saturated rings. The van der Waals surface area contributed by atoms with Crippen molar-refractivity contribution in [2.75, 3.05) is 0 Å². The molecule has 2 heteroatoms. The molecule has 8 heavy (non-hydrogen) atoms. The Bertz CT molecular complexity index is 95.2. The molecule has 1 aliphatic carbocycles. The van der Waals surface area contributed by atoms with Crippen LogP contribution in [-0.4, -0.2) is 11.7 Å². The number of alkyl halides is 1. The quantitative estimate of drug-likeness (QED) is 0.546. The Hall–Kier alpha value is -0.110. The van der Waals surface area contributed by atoms with Gasteiger partial charge in [-0.15, -0.1) is 0 Å². The van der Waals surface area contributed by atoms with Crippen LogP contribution in [-0.2, 0) is 0 Å². The Kier molecular flexibility index (Phi) is 1.08. The normalized spacial score (nSPS) is 37.5. The third-order valence-corrected chi connectivity index (χ3v) is 1.72. The molecule has 0 aromatic rings. The Morgan fingerprint density at radius 3 is 2.00 bits per heavy atom. The second-order valence-corrected chi connectivity index (χ2v) is 3.07. The molecule has 0 bridgehead atoms. The maximum absolute atomic E-state index is 12.7. The molecular weight excluding hydrogens is 105 g/mol. The minimum atomic E-state index is -1.04. The molecule has 2 unspecified atom stereocenters. The average Bonchev–Trinajstić information content (AvgIpc) is 2.13. The van der Waals surface area contributed by atoms with Crippen molar-refractivity contribution in [1.29, 1.82) is 0 Å². The molecule has 1 rings (SSSR count). The van der Waals surface area contributed by atoms with E-state index in [0.717, 1.165) is 6.42 Å². The zero-order valence-electron chi connectivity index (χ0n) is 5.32. The highest BCUT2D eigenvalue weighted by Crippen LogP contribution is 2.40. The lowest BCUT2D eigenvalue weighted by molar-refractivity contribution is 0.180. The smallest absolute Gasteiger partial charge is 0.109 e. The van der Waals surface area contributed by atoms with Crippen LogP contribution in [0.15, 0.2) is 0 Å². The molecule has 0 spiro atoms. The molecule has 0 amide bonds. The lowest BCUT2D eigenvalue weighted by Crippen LogP contribution is -2.20. The Morgan fingerprint density at radius 2 is 2.00 bits per heavy atom. The molecule has 2 N–H and O–H groups in total. The van der Waals surface area contributed by atoms with Gasteiger partial charge in [-0.05, 0) is 20.3 Å². The van der Waals surface area contributed by atoms with Crippen molar-refractivity contribution >= 4 is 0 Å². The third kappa shape index (κ3) is 0.996. The maximum atomic E-state index is 12.7. The number of halogens is 1. The number of hydrogen-bond acceptors (Lipinski definition) is 1. The number of nitrogens with two attached hydrogens (primary N) is 1. The molecule has 0 aromatic heterocycles. The van der Waals surface area contributed by atoms with Gasteiger partial charge in [-0.25, -0.2) is 4.39 Å². The summed E-state index contributed by atoms with van der Waals surface area (Å²) in [4.78, 5) is 0. The van der Waals surface area contributed by atoms with Crippen LogP contribution >= 0.6 is 0 Å². The minimum Gasteiger partial charge on any atom is -0.327 e. The summed E-state index contributed by atoms with van der Waals surface area (Å²) < 4.78 is 12.7. The SMILES string of the molecule is CC(C)(F)C1CC1N. The number of rotatable bonds is 1. The molecule has 1 aliphatic rings. The topological polar surface area (TPSA) is 26.0 Å². The lowest BCUT2D eigenvalue weighted by atomic mass is 10.1. The summed E-state index contributed by atoms with van der Waals surface area (Å²) in [6.45, 7) is 3.18. The van der Waals surface area contributed by atoms with Crippen molar-refractivity contribution in [3.05, 3.63) is 0 Å². The molecule has 1 nitrogen and oxygen atoms in total. The van der Waals surface area contributed by atoms with Gasteiger partial charge in [0.1, 0.15) is 5.67 Å². The van der Waals surface area contributed by atoms with Gasteiger partial charge in [0.05, 0.1) is 0 Å². The molecule has 2 atom stereocenters. The van der Waals surface area contributed by atoms with Crippen molar-refractivity contribution in [2.45, 2.75) is 32.0 Å². The summed E-state index contributed by atoms with van der Waals surface area (Å²) in [6, 6.07) is 0.134. The zero-order chi connectivity index (χ0) is 6.36. The fraction of sp³-hybridized carbons (Fsp3) is 1.00. The van der Waals surface area contributed by atoms with E-state index in [0.29, 0.717) is 0 Å². The summed E-state index contributed by atoms with van der Waals surface area (Å²) in [5, 5.41) is 0. The van der Waals surface area contributed by atoms with E-state index in [4.69, 9.17) is 5.73 Å². The van der Waals surface area contributed by atoms with E-state index in [2.05, 4.69) is 0 Å². The standard InChI is InChI=1S/C6H12FN/c1-6(2,7)4-3-5(4)8/h4-5H,3,8H2,1-2H3. The lowest BCUT2D eigenvalue weighted by Gasteiger charge is -2.11. The molecule has 0 heterocycles. The monoisotopic (exact) mass is 117 g/mol. The Balaban J connectivity index is 2.39. The third-order valence-electron chi connectivity index (χ3n) is 1.72. The van der Waals surface area contributed by atoms with Crippen LogP contribution in [0.3, 0.4) is 0 Å². The van der Waals surface area contributed by atoms with Crippen LogP contribution in [0.2, 0.25) is 0 Å². The van der Waals surface area contributed by atoms with Gasteiger partial charge < -0.3 is 5.73 Å². The van der Waals surface area contributed by atoms with Crippen molar-refractivity contribution in [3.8, 4) is 0 Å². The molecule has 0 saturated heterocycles. The van der Waals surface area contributed by atoms with Gasteiger partial charge in [-0.2, -0.15) is 0 Å². The highest BCUT2D eigenvalue weighted by Gasteiger charge is 2.45. The minimum absolute atomic E-state index is 0.127. The van der Waals surface area contributed by atoms with E-state index in [1.54, 1.807) is 13.8 Å². The molecule has 0 radical (unpaired) electrons. The molecule has 0 aromatic carbocycles. The Morgan fingerprint density at radius 1 is 1.62 bits per heavy atom. The largest absolute Gasteiger partial charge is 0.327 e. The van der Waals surface area contributed by atoms with E-state index >= 15 is 0 Å². The highest BCUT2D eigenvalue weighted by molar-refractivity contribution is 4.99. The first-order valence-corrected chi connectivity index (χ1v) is 2.96. The first-order chi connectivity index (χ1) is 3.52. The van der Waals surface area contributed by atoms with Crippen LogP contribution < -0.4 is 5.73 Å². The van der Waals surface area contributed by atoms with Crippen LogP contribution in [0.1, 0.15) is 20.3 Å². The second kappa shape index (κ2) is 1.44. The van der Waals surface area contributed by atoms with E-state index < -0.39 is 5.67 Å². The van der Waals surface area contributed by atoms with Crippen LogP contribution in [0.25, 0.3) is 0 Å². The van der Waals surface area contributed by atoms with Crippen LogP contribution in [0.4, 0.5) is 4.39 Å². The van der Waals surface area contributed by atoms with E-state index in [1.165, 1.54) is 0 Å². The summed E-state index contributed by atoms with van der Waals surface area (Å²) in [5.74, 6) is 0.127. The summed E-state index contributed by atoms with van der Waals surface area (Å²) >= 11 is 0. The predicted molar refractivity (Wildman–Crippen MR) is 31.3 cm³/mol. The molecule has 0 aliphatic heterocycles. The molecule has 48 valence electrons. The van der Waals surface area contributed by atoms with Crippen LogP contribution in [0.5, 0.6) is 0 Å². The van der Waals surface area contributed by atoms with Gasteiger partial charge in [-0.3, -0.25) is 0 Å². The molecular formula is C6H12FN. The van der Waals surface area contributed by atoms with E-state index in [-0.39, 0.29) is 12.0 Å². The predicted octanol–water partition coefficient (Wildman–Crippen LogP) is 1.08. The second-order valence-electron chi connectivity index (χ2n) is 3.07. The maximum Gasteiger partial charge on any atom is 0.109 e. The van der Waals surface area contributed by atoms with Gasteiger partial charge in [0.15, 0.2) is 0 Å². The summed E-state index contributed by atoms with van der Waals surface area (Å²) in [7, 11) is 0. The van der Waals surface area contributed by atoms with Gasteiger partial charge in [0.2, 0.25) is 0 Å². The fourth-order valence-corrected chi connectivity index (χ4v) is 1.00. The Labute approximate surface area is 49.1 Å². The van der Waals surface area contributed by atoms with Crippen molar-refractivity contribution in [1.82, 2.24) is 0 Å².